The molecule has 1 aromatic carbocycles. The molecule has 1 aromatic heterocycles. The molecule has 0 bridgehead atoms. The van der Waals surface area contributed by atoms with Gasteiger partial charge in [0.05, 0.1) is 7.11 Å². The zero-order valence-corrected chi connectivity index (χ0v) is 12.6. The average molecular weight is 317 g/mol. The molecule has 0 saturated heterocycles. The number of rotatable bonds is 5. The van der Waals surface area contributed by atoms with Crippen molar-refractivity contribution in [2.24, 2.45) is 0 Å². The summed E-state index contributed by atoms with van der Waals surface area (Å²) in [7, 11) is 1.24. The van der Waals surface area contributed by atoms with Gasteiger partial charge in [-0.25, -0.2) is 9.65 Å². The predicted octanol–water partition coefficient (Wildman–Crippen LogP) is 3.04. The van der Waals surface area contributed by atoms with Crippen molar-refractivity contribution in [2.45, 2.75) is 13.0 Å². The van der Waals surface area contributed by atoms with E-state index < -0.39 is 18.9 Å². The standard InChI is InChI=1S/C12H14ClN2O4P/c1-8(12(16)18-2)15-20(13,17)19-11-5-3-4-10-9(11)6-7-14-10/h3-8,14H,1-2H3,(H,15,17)/t8-,20?/m0/s1. The maximum atomic E-state index is 12.2. The van der Waals surface area contributed by atoms with E-state index in [9.17, 15) is 9.36 Å². The highest BCUT2D eigenvalue weighted by Gasteiger charge is 2.28. The molecule has 0 aliphatic heterocycles. The van der Waals surface area contributed by atoms with Gasteiger partial charge in [0.25, 0.3) is 0 Å². The molecule has 6 nitrogen and oxygen atoms in total. The normalized spacial score (nSPS) is 15.6. The number of carbonyl (C=O) groups excluding carboxylic acids is 1. The first-order chi connectivity index (χ1) is 9.43. The second-order valence-corrected chi connectivity index (χ2v) is 6.88. The molecule has 1 heterocycles. The summed E-state index contributed by atoms with van der Waals surface area (Å²) in [4.78, 5) is 14.3. The monoisotopic (exact) mass is 316 g/mol. The highest BCUT2D eigenvalue weighted by molar-refractivity contribution is 7.84. The third kappa shape index (κ3) is 3.33. The van der Waals surface area contributed by atoms with E-state index in [0.717, 1.165) is 10.9 Å². The van der Waals surface area contributed by atoms with Crippen molar-refractivity contribution in [3.8, 4) is 5.75 Å². The lowest BCUT2D eigenvalue weighted by atomic mass is 10.2. The van der Waals surface area contributed by atoms with Gasteiger partial charge >= 0.3 is 12.8 Å². The molecule has 0 aliphatic rings. The lowest BCUT2D eigenvalue weighted by Crippen LogP contribution is -2.32. The molecule has 2 atom stereocenters. The van der Waals surface area contributed by atoms with Crippen molar-refractivity contribution < 1.29 is 18.6 Å². The summed E-state index contributed by atoms with van der Waals surface area (Å²) in [5, 5.41) is 3.18. The van der Waals surface area contributed by atoms with Crippen molar-refractivity contribution in [2.75, 3.05) is 7.11 Å². The van der Waals surface area contributed by atoms with Gasteiger partial charge in [0.2, 0.25) is 0 Å². The fraction of sp³-hybridized carbons (Fsp3) is 0.250. The minimum Gasteiger partial charge on any atom is -0.468 e. The topological polar surface area (TPSA) is 80.4 Å². The van der Waals surface area contributed by atoms with Crippen LogP contribution in [0.2, 0.25) is 0 Å². The van der Waals surface area contributed by atoms with Gasteiger partial charge in [-0.05, 0) is 25.1 Å². The Kier molecular flexibility index (Phi) is 4.38. The molecule has 2 aromatic rings. The molecule has 108 valence electrons. The summed E-state index contributed by atoms with van der Waals surface area (Å²) < 4.78 is 22.0. The largest absolute Gasteiger partial charge is 0.468 e. The van der Waals surface area contributed by atoms with Gasteiger partial charge in [-0.2, -0.15) is 0 Å². The average Bonchev–Trinajstić information content (AvgIpc) is 2.86. The number of aromatic nitrogens is 1. The van der Waals surface area contributed by atoms with Crippen LogP contribution in [0.25, 0.3) is 10.9 Å². The van der Waals surface area contributed by atoms with Gasteiger partial charge in [0, 0.05) is 28.3 Å². The number of H-pyrrole nitrogens is 1. The van der Waals surface area contributed by atoms with Crippen LogP contribution in [0, 0.1) is 0 Å². The highest BCUT2D eigenvalue weighted by Crippen LogP contribution is 2.49. The summed E-state index contributed by atoms with van der Waals surface area (Å²) in [5.74, 6) is -0.207. The van der Waals surface area contributed by atoms with Gasteiger partial charge in [-0.1, -0.05) is 6.07 Å². The summed E-state index contributed by atoms with van der Waals surface area (Å²) in [5.41, 5.74) is 0.834. The molecular weight excluding hydrogens is 303 g/mol. The number of esters is 1. The van der Waals surface area contributed by atoms with Crippen LogP contribution in [-0.4, -0.2) is 24.1 Å². The third-order valence-electron chi connectivity index (χ3n) is 2.67. The van der Waals surface area contributed by atoms with Crippen LogP contribution in [0.1, 0.15) is 6.92 Å². The Morgan fingerprint density at radius 2 is 2.20 bits per heavy atom. The van der Waals surface area contributed by atoms with Crippen LogP contribution in [0.3, 0.4) is 0 Å². The maximum absolute atomic E-state index is 12.2. The van der Waals surface area contributed by atoms with Crippen molar-refractivity contribution >= 4 is 35.0 Å². The van der Waals surface area contributed by atoms with Crippen LogP contribution in [0.15, 0.2) is 30.5 Å². The molecule has 0 aliphatic carbocycles. The molecular formula is C12H14ClN2O4P. The number of methoxy groups -OCH3 is 1. The number of nitrogens with one attached hydrogen (secondary N) is 2. The van der Waals surface area contributed by atoms with Crippen LogP contribution in [0.4, 0.5) is 0 Å². The Bertz CT molecular complexity index is 672. The first-order valence-electron chi connectivity index (χ1n) is 5.84. The summed E-state index contributed by atoms with van der Waals surface area (Å²) in [6.45, 7) is -2.22. The number of fused-ring (bicyclic) bond motifs is 1. The van der Waals surface area contributed by atoms with E-state index in [2.05, 4.69) is 14.8 Å². The Balaban J connectivity index is 2.18. The van der Waals surface area contributed by atoms with Crippen molar-refractivity contribution in [1.82, 2.24) is 10.1 Å². The summed E-state index contributed by atoms with van der Waals surface area (Å²) in [6, 6.07) is 6.19. The highest BCUT2D eigenvalue weighted by atomic mass is 35.7. The third-order valence-corrected chi connectivity index (χ3v) is 4.30. The number of hydrogen-bond donors (Lipinski definition) is 2. The molecule has 0 radical (unpaired) electrons. The number of halogens is 1. The van der Waals surface area contributed by atoms with E-state index in [-0.39, 0.29) is 0 Å². The molecule has 2 N–H and O–H groups in total. The number of carbonyl (C=O) groups is 1. The van der Waals surface area contributed by atoms with E-state index in [1.807, 2.05) is 6.07 Å². The lowest BCUT2D eigenvalue weighted by Gasteiger charge is -2.17. The van der Waals surface area contributed by atoms with E-state index in [0.29, 0.717) is 5.75 Å². The van der Waals surface area contributed by atoms with E-state index >= 15 is 0 Å². The zero-order chi connectivity index (χ0) is 14.8. The number of ether oxygens (including phenoxy) is 1. The fourth-order valence-corrected chi connectivity index (χ4v) is 3.44. The molecule has 20 heavy (non-hydrogen) atoms. The molecule has 0 saturated carbocycles. The van der Waals surface area contributed by atoms with E-state index in [1.54, 1.807) is 24.4 Å². The first kappa shape index (κ1) is 14.9. The molecule has 0 fully saturated rings. The Labute approximate surface area is 120 Å². The molecule has 0 spiro atoms. The summed E-state index contributed by atoms with van der Waals surface area (Å²) >= 11 is 5.84. The van der Waals surface area contributed by atoms with Crippen LogP contribution in [-0.2, 0) is 14.1 Å². The van der Waals surface area contributed by atoms with Crippen LogP contribution < -0.4 is 9.61 Å². The molecule has 8 heteroatoms. The van der Waals surface area contributed by atoms with E-state index in [1.165, 1.54) is 14.0 Å². The zero-order valence-electron chi connectivity index (χ0n) is 10.9. The molecule has 0 amide bonds. The van der Waals surface area contributed by atoms with Gasteiger partial charge in [-0.3, -0.25) is 4.79 Å². The SMILES string of the molecule is COC(=O)[C@H](C)NP(=O)(Cl)Oc1cccc2[nH]ccc12. The number of benzene rings is 1. The van der Waals surface area contributed by atoms with Crippen molar-refractivity contribution in [1.29, 1.82) is 0 Å². The Hall–Kier alpha value is -1.49. The van der Waals surface area contributed by atoms with E-state index in [4.69, 9.17) is 15.8 Å². The van der Waals surface area contributed by atoms with Crippen LogP contribution >= 0.6 is 18.1 Å². The predicted molar refractivity (Wildman–Crippen MR) is 77.0 cm³/mol. The van der Waals surface area contributed by atoms with Gasteiger partial charge in [-0.15, -0.1) is 0 Å². The minimum atomic E-state index is -3.71. The van der Waals surface area contributed by atoms with Gasteiger partial charge in [0.15, 0.2) is 0 Å². The van der Waals surface area contributed by atoms with Gasteiger partial charge in [0.1, 0.15) is 11.8 Å². The lowest BCUT2D eigenvalue weighted by molar-refractivity contribution is -0.142. The minimum absolute atomic E-state index is 0.367. The van der Waals surface area contributed by atoms with Crippen molar-refractivity contribution in [3.63, 3.8) is 0 Å². The number of aromatic amines is 1. The van der Waals surface area contributed by atoms with Gasteiger partial charge < -0.3 is 14.2 Å². The maximum Gasteiger partial charge on any atom is 0.409 e. The van der Waals surface area contributed by atoms with Crippen LogP contribution in [0.5, 0.6) is 5.75 Å². The Morgan fingerprint density at radius 3 is 2.90 bits per heavy atom. The summed E-state index contributed by atoms with van der Waals surface area (Å²) in [6.07, 6.45) is 1.74. The first-order valence-corrected chi connectivity index (χ1v) is 8.37. The fourth-order valence-electron chi connectivity index (χ4n) is 1.75. The molecule has 2 rings (SSSR count). The second-order valence-electron chi connectivity index (χ2n) is 4.14. The Morgan fingerprint density at radius 1 is 1.45 bits per heavy atom. The number of hydrogen-bond acceptors (Lipinski definition) is 4. The molecule has 1 unspecified atom stereocenters. The smallest absolute Gasteiger partial charge is 0.409 e. The second kappa shape index (κ2) is 5.87. The quantitative estimate of drug-likeness (QED) is 0.654. The van der Waals surface area contributed by atoms with Crippen molar-refractivity contribution in [3.05, 3.63) is 30.5 Å².